The van der Waals surface area contributed by atoms with Crippen LogP contribution in [0.1, 0.15) is 16.2 Å². The van der Waals surface area contributed by atoms with E-state index in [9.17, 15) is 9.18 Å². The molecule has 6 nitrogen and oxygen atoms in total. The lowest BCUT2D eigenvalue weighted by atomic mass is 10.1. The minimum atomic E-state index is -0.332. The normalized spacial score (nSPS) is 10.7. The molecule has 0 spiro atoms. The summed E-state index contributed by atoms with van der Waals surface area (Å²) in [5, 5.41) is 2.92. The number of halogens is 1. The first-order chi connectivity index (χ1) is 14.6. The maximum Gasteiger partial charge on any atom is 0.267 e. The van der Waals surface area contributed by atoms with Crippen LogP contribution >= 0.6 is 0 Å². The standard InChI is InChI=1S/C23H20FN5O/c1-29-15-17(12-21(29)23(30)26-10-8-20-7-2-3-9-25-20)18-13-27-22(28-14-18)16-5-4-6-19(24)11-16/h2-7,9,11-15H,8,10H2,1H3,(H,26,30). The maximum absolute atomic E-state index is 13.4. The number of aryl methyl sites for hydroxylation is 1. The largest absolute Gasteiger partial charge is 0.350 e. The monoisotopic (exact) mass is 401 g/mol. The zero-order chi connectivity index (χ0) is 20.9. The highest BCUT2D eigenvalue weighted by Crippen LogP contribution is 2.23. The smallest absolute Gasteiger partial charge is 0.267 e. The minimum Gasteiger partial charge on any atom is -0.350 e. The number of rotatable bonds is 6. The molecule has 1 amide bonds. The lowest BCUT2D eigenvalue weighted by Crippen LogP contribution is -2.27. The Morgan fingerprint density at radius 1 is 1.00 bits per heavy atom. The molecule has 0 bridgehead atoms. The first-order valence-corrected chi connectivity index (χ1v) is 9.53. The molecular formula is C23H20FN5O. The van der Waals surface area contributed by atoms with Gasteiger partial charge in [0, 0.05) is 67.2 Å². The Hall–Kier alpha value is -3.87. The number of hydrogen-bond acceptors (Lipinski definition) is 4. The first-order valence-electron chi connectivity index (χ1n) is 9.53. The van der Waals surface area contributed by atoms with Crippen molar-refractivity contribution in [1.82, 2.24) is 24.8 Å². The molecule has 4 aromatic rings. The second-order valence-electron chi connectivity index (χ2n) is 6.86. The van der Waals surface area contributed by atoms with Crippen LogP contribution in [0.4, 0.5) is 4.39 Å². The molecule has 0 saturated heterocycles. The molecule has 0 saturated carbocycles. The third-order valence-corrected chi connectivity index (χ3v) is 4.70. The van der Waals surface area contributed by atoms with E-state index >= 15 is 0 Å². The number of pyridine rings is 1. The summed E-state index contributed by atoms with van der Waals surface area (Å²) in [7, 11) is 1.82. The van der Waals surface area contributed by atoms with Crippen molar-refractivity contribution in [2.24, 2.45) is 7.05 Å². The van der Waals surface area contributed by atoms with Crippen LogP contribution in [0.2, 0.25) is 0 Å². The zero-order valence-electron chi connectivity index (χ0n) is 16.4. The van der Waals surface area contributed by atoms with Gasteiger partial charge in [-0.05, 0) is 30.3 Å². The number of amides is 1. The van der Waals surface area contributed by atoms with Gasteiger partial charge < -0.3 is 9.88 Å². The van der Waals surface area contributed by atoms with Crippen molar-refractivity contribution in [3.63, 3.8) is 0 Å². The predicted octanol–water partition coefficient (Wildman–Crippen LogP) is 3.66. The van der Waals surface area contributed by atoms with E-state index < -0.39 is 0 Å². The van der Waals surface area contributed by atoms with E-state index in [2.05, 4.69) is 20.3 Å². The van der Waals surface area contributed by atoms with Gasteiger partial charge in [0.15, 0.2) is 5.82 Å². The maximum atomic E-state index is 13.4. The fourth-order valence-electron chi connectivity index (χ4n) is 3.14. The Balaban J connectivity index is 1.44. The van der Waals surface area contributed by atoms with Crippen molar-refractivity contribution in [3.8, 4) is 22.5 Å². The van der Waals surface area contributed by atoms with Gasteiger partial charge in [-0.3, -0.25) is 9.78 Å². The van der Waals surface area contributed by atoms with Crippen LogP contribution < -0.4 is 5.32 Å². The van der Waals surface area contributed by atoms with E-state index in [1.165, 1.54) is 12.1 Å². The van der Waals surface area contributed by atoms with Gasteiger partial charge in [-0.1, -0.05) is 18.2 Å². The molecule has 0 aliphatic carbocycles. The summed E-state index contributed by atoms with van der Waals surface area (Å²) < 4.78 is 15.2. The second-order valence-corrected chi connectivity index (χ2v) is 6.86. The van der Waals surface area contributed by atoms with Gasteiger partial charge in [-0.25, -0.2) is 14.4 Å². The molecule has 150 valence electrons. The molecular weight excluding hydrogens is 381 g/mol. The number of carbonyl (C=O) groups excluding carboxylic acids is 1. The summed E-state index contributed by atoms with van der Waals surface area (Å²) in [5.41, 5.74) is 3.69. The fourth-order valence-corrected chi connectivity index (χ4v) is 3.14. The highest BCUT2D eigenvalue weighted by molar-refractivity contribution is 5.94. The molecule has 7 heteroatoms. The van der Waals surface area contributed by atoms with E-state index in [1.54, 1.807) is 41.4 Å². The van der Waals surface area contributed by atoms with Crippen LogP contribution in [-0.2, 0) is 13.5 Å². The van der Waals surface area contributed by atoms with Gasteiger partial charge in [0.05, 0.1) is 0 Å². The first kappa shape index (κ1) is 19.4. The number of hydrogen-bond donors (Lipinski definition) is 1. The van der Waals surface area contributed by atoms with E-state index in [-0.39, 0.29) is 11.7 Å². The molecule has 4 rings (SSSR count). The Morgan fingerprint density at radius 3 is 2.57 bits per heavy atom. The van der Waals surface area contributed by atoms with Gasteiger partial charge >= 0.3 is 0 Å². The predicted molar refractivity (Wildman–Crippen MR) is 112 cm³/mol. The van der Waals surface area contributed by atoms with Gasteiger partial charge in [0.1, 0.15) is 11.5 Å². The fraction of sp³-hybridized carbons (Fsp3) is 0.130. The van der Waals surface area contributed by atoms with Crippen LogP contribution in [0.25, 0.3) is 22.5 Å². The summed E-state index contributed by atoms with van der Waals surface area (Å²) in [6.07, 6.45) is 7.60. The molecule has 1 N–H and O–H groups in total. The van der Waals surface area contributed by atoms with Crippen molar-refractivity contribution in [3.05, 3.63) is 90.5 Å². The average Bonchev–Trinajstić information content (AvgIpc) is 3.16. The molecule has 0 radical (unpaired) electrons. The lowest BCUT2D eigenvalue weighted by Gasteiger charge is -2.05. The molecule has 0 aliphatic heterocycles. The number of nitrogens with zero attached hydrogens (tertiary/aromatic N) is 4. The van der Waals surface area contributed by atoms with E-state index in [0.717, 1.165) is 16.8 Å². The third kappa shape index (κ3) is 4.41. The summed E-state index contributed by atoms with van der Waals surface area (Å²) in [4.78, 5) is 25.5. The summed E-state index contributed by atoms with van der Waals surface area (Å²) in [5.74, 6) is -0.0411. The van der Waals surface area contributed by atoms with Crippen LogP contribution in [0.5, 0.6) is 0 Å². The molecule has 3 aromatic heterocycles. The Morgan fingerprint density at radius 2 is 1.83 bits per heavy atom. The van der Waals surface area contributed by atoms with Crippen LogP contribution in [-0.4, -0.2) is 32.0 Å². The number of aromatic nitrogens is 4. The molecule has 30 heavy (non-hydrogen) atoms. The highest BCUT2D eigenvalue weighted by Gasteiger charge is 2.13. The molecule has 0 fully saturated rings. The second kappa shape index (κ2) is 8.65. The van der Waals surface area contributed by atoms with Gasteiger partial charge in [0.25, 0.3) is 5.91 Å². The van der Waals surface area contributed by atoms with Crippen LogP contribution in [0, 0.1) is 5.82 Å². The molecule has 0 aliphatic rings. The van der Waals surface area contributed by atoms with Crippen LogP contribution in [0.15, 0.2) is 73.3 Å². The lowest BCUT2D eigenvalue weighted by molar-refractivity contribution is 0.0946. The van der Waals surface area contributed by atoms with Crippen molar-refractivity contribution in [2.45, 2.75) is 6.42 Å². The topological polar surface area (TPSA) is 72.7 Å². The molecule has 0 atom stereocenters. The van der Waals surface area contributed by atoms with Gasteiger partial charge in [-0.15, -0.1) is 0 Å². The molecule has 0 unspecified atom stereocenters. The van der Waals surface area contributed by atoms with E-state index in [4.69, 9.17) is 0 Å². The number of benzene rings is 1. The van der Waals surface area contributed by atoms with Gasteiger partial charge in [0.2, 0.25) is 0 Å². The quantitative estimate of drug-likeness (QED) is 0.535. The minimum absolute atomic E-state index is 0.156. The highest BCUT2D eigenvalue weighted by atomic mass is 19.1. The van der Waals surface area contributed by atoms with Crippen LogP contribution in [0.3, 0.4) is 0 Å². The SMILES string of the molecule is Cn1cc(-c2cnc(-c3cccc(F)c3)nc2)cc1C(=O)NCCc1ccccn1. The van der Waals surface area contributed by atoms with Crippen molar-refractivity contribution in [2.75, 3.05) is 6.54 Å². The van der Waals surface area contributed by atoms with Crippen molar-refractivity contribution < 1.29 is 9.18 Å². The molecule has 1 aromatic carbocycles. The Bertz CT molecular complexity index is 1160. The van der Waals surface area contributed by atoms with Gasteiger partial charge in [-0.2, -0.15) is 0 Å². The van der Waals surface area contributed by atoms with E-state index in [0.29, 0.717) is 30.0 Å². The van der Waals surface area contributed by atoms with Crippen molar-refractivity contribution in [1.29, 1.82) is 0 Å². The molecule has 3 heterocycles. The Kier molecular flexibility index (Phi) is 5.61. The van der Waals surface area contributed by atoms with Crippen molar-refractivity contribution >= 4 is 5.91 Å². The third-order valence-electron chi connectivity index (χ3n) is 4.70. The summed E-state index contributed by atoms with van der Waals surface area (Å²) in [6, 6.07) is 13.7. The summed E-state index contributed by atoms with van der Waals surface area (Å²) in [6.45, 7) is 0.502. The van der Waals surface area contributed by atoms with E-state index in [1.807, 2.05) is 31.4 Å². The Labute approximate surface area is 173 Å². The summed E-state index contributed by atoms with van der Waals surface area (Å²) >= 11 is 0. The number of carbonyl (C=O) groups is 1. The zero-order valence-corrected chi connectivity index (χ0v) is 16.4. The number of nitrogens with one attached hydrogen (secondary N) is 1. The average molecular weight is 401 g/mol.